The fourth-order valence-electron chi connectivity index (χ4n) is 2.56. The first-order valence-electron chi connectivity index (χ1n) is 8.85. The van der Waals surface area contributed by atoms with Crippen molar-refractivity contribution in [2.24, 2.45) is 0 Å². The van der Waals surface area contributed by atoms with Crippen molar-refractivity contribution in [1.82, 2.24) is 4.90 Å². The van der Waals surface area contributed by atoms with Crippen LogP contribution in [-0.4, -0.2) is 36.5 Å². The van der Waals surface area contributed by atoms with Crippen molar-refractivity contribution >= 4 is 11.9 Å². The summed E-state index contributed by atoms with van der Waals surface area (Å²) in [6.45, 7) is 5.34. The molecule has 0 N–H and O–H groups in total. The van der Waals surface area contributed by atoms with E-state index in [1.807, 2.05) is 37.3 Å². The number of ether oxygens (including phenoxy) is 2. The van der Waals surface area contributed by atoms with Crippen LogP contribution in [0.3, 0.4) is 0 Å². The van der Waals surface area contributed by atoms with Crippen LogP contribution in [0.15, 0.2) is 54.6 Å². The van der Waals surface area contributed by atoms with E-state index in [0.29, 0.717) is 31.9 Å². The molecule has 1 amide bonds. The molecule has 0 saturated heterocycles. The van der Waals surface area contributed by atoms with Crippen molar-refractivity contribution < 1.29 is 19.1 Å². The van der Waals surface area contributed by atoms with Gasteiger partial charge in [-0.3, -0.25) is 9.59 Å². The van der Waals surface area contributed by atoms with Crippen molar-refractivity contribution in [3.05, 3.63) is 65.7 Å². The molecule has 0 bridgehead atoms. The van der Waals surface area contributed by atoms with Gasteiger partial charge < -0.3 is 14.4 Å². The molecule has 0 saturated carbocycles. The lowest BCUT2D eigenvalue weighted by molar-refractivity contribution is -0.143. The molecule has 26 heavy (non-hydrogen) atoms. The van der Waals surface area contributed by atoms with Crippen LogP contribution < -0.4 is 4.74 Å². The first-order chi connectivity index (χ1) is 12.6. The summed E-state index contributed by atoms with van der Waals surface area (Å²) in [5.41, 5.74) is 1.57. The SMILES string of the molecule is CCOC(=O)CCN(Cc1ccccc1)C(=O)c1ccc(OCC)cc1. The second-order valence-electron chi connectivity index (χ2n) is 5.72. The Morgan fingerprint density at radius 1 is 0.923 bits per heavy atom. The van der Waals surface area contributed by atoms with E-state index in [4.69, 9.17) is 9.47 Å². The lowest BCUT2D eigenvalue weighted by Gasteiger charge is -2.23. The number of esters is 1. The number of carbonyl (C=O) groups excluding carboxylic acids is 2. The van der Waals surface area contributed by atoms with Gasteiger partial charge in [-0.2, -0.15) is 0 Å². The lowest BCUT2D eigenvalue weighted by Crippen LogP contribution is -2.32. The summed E-state index contributed by atoms with van der Waals surface area (Å²) in [6.07, 6.45) is 0.170. The first kappa shape index (κ1) is 19.5. The van der Waals surface area contributed by atoms with Gasteiger partial charge in [-0.25, -0.2) is 0 Å². The van der Waals surface area contributed by atoms with Crippen molar-refractivity contribution in [3.63, 3.8) is 0 Å². The largest absolute Gasteiger partial charge is 0.494 e. The fourth-order valence-corrected chi connectivity index (χ4v) is 2.56. The van der Waals surface area contributed by atoms with E-state index in [2.05, 4.69) is 0 Å². The molecule has 5 heteroatoms. The zero-order valence-electron chi connectivity index (χ0n) is 15.3. The molecular formula is C21H25NO4. The summed E-state index contributed by atoms with van der Waals surface area (Å²) >= 11 is 0. The molecule has 5 nitrogen and oxygen atoms in total. The smallest absolute Gasteiger partial charge is 0.307 e. The van der Waals surface area contributed by atoms with E-state index in [1.165, 1.54) is 0 Å². The van der Waals surface area contributed by atoms with Gasteiger partial charge >= 0.3 is 5.97 Å². The third-order valence-corrected chi connectivity index (χ3v) is 3.81. The predicted molar refractivity (Wildman–Crippen MR) is 100 cm³/mol. The van der Waals surface area contributed by atoms with Gasteiger partial charge in [0.15, 0.2) is 0 Å². The molecule has 0 spiro atoms. The highest BCUT2D eigenvalue weighted by Crippen LogP contribution is 2.16. The highest BCUT2D eigenvalue weighted by molar-refractivity contribution is 5.94. The third-order valence-electron chi connectivity index (χ3n) is 3.81. The topological polar surface area (TPSA) is 55.8 Å². The summed E-state index contributed by atoms with van der Waals surface area (Å²) in [6, 6.07) is 16.8. The van der Waals surface area contributed by atoms with E-state index >= 15 is 0 Å². The van der Waals surface area contributed by atoms with Gasteiger partial charge in [-0.1, -0.05) is 30.3 Å². The van der Waals surface area contributed by atoms with Crippen LogP contribution in [0.2, 0.25) is 0 Å². The van der Waals surface area contributed by atoms with Crippen LogP contribution in [0.1, 0.15) is 36.2 Å². The molecule has 0 unspecified atom stereocenters. The van der Waals surface area contributed by atoms with E-state index in [-0.39, 0.29) is 18.3 Å². The van der Waals surface area contributed by atoms with Crippen LogP contribution in [-0.2, 0) is 16.1 Å². The number of hydrogen-bond acceptors (Lipinski definition) is 4. The molecule has 0 aliphatic heterocycles. The van der Waals surface area contributed by atoms with Gasteiger partial charge in [0.25, 0.3) is 5.91 Å². The Labute approximate surface area is 154 Å². The molecule has 2 aromatic carbocycles. The Morgan fingerprint density at radius 2 is 1.62 bits per heavy atom. The van der Waals surface area contributed by atoms with E-state index in [0.717, 1.165) is 11.3 Å². The maximum atomic E-state index is 12.9. The van der Waals surface area contributed by atoms with E-state index in [1.54, 1.807) is 36.1 Å². The monoisotopic (exact) mass is 355 g/mol. The summed E-state index contributed by atoms with van der Waals surface area (Å²) < 4.78 is 10.4. The van der Waals surface area contributed by atoms with Crippen LogP contribution in [0.25, 0.3) is 0 Å². The average Bonchev–Trinajstić information content (AvgIpc) is 2.66. The predicted octanol–water partition coefficient (Wildman–Crippen LogP) is 3.68. The Morgan fingerprint density at radius 3 is 2.23 bits per heavy atom. The van der Waals surface area contributed by atoms with Crippen molar-refractivity contribution in [2.75, 3.05) is 19.8 Å². The molecule has 0 fully saturated rings. The summed E-state index contributed by atoms with van der Waals surface area (Å²) in [5.74, 6) is 0.302. The molecule has 0 atom stereocenters. The number of rotatable bonds is 9. The van der Waals surface area contributed by atoms with Crippen molar-refractivity contribution in [2.45, 2.75) is 26.8 Å². The number of nitrogens with zero attached hydrogens (tertiary/aromatic N) is 1. The zero-order valence-corrected chi connectivity index (χ0v) is 15.3. The zero-order chi connectivity index (χ0) is 18.8. The van der Waals surface area contributed by atoms with Gasteiger partial charge in [0.1, 0.15) is 5.75 Å². The minimum Gasteiger partial charge on any atom is -0.494 e. The maximum absolute atomic E-state index is 12.9. The summed E-state index contributed by atoms with van der Waals surface area (Å²) in [4.78, 5) is 26.3. The van der Waals surface area contributed by atoms with Crippen LogP contribution >= 0.6 is 0 Å². The van der Waals surface area contributed by atoms with Crippen molar-refractivity contribution in [1.29, 1.82) is 0 Å². The lowest BCUT2D eigenvalue weighted by atomic mass is 10.1. The minimum absolute atomic E-state index is 0.124. The van der Waals surface area contributed by atoms with Gasteiger partial charge in [0.2, 0.25) is 0 Å². The van der Waals surface area contributed by atoms with Gasteiger partial charge in [0, 0.05) is 18.7 Å². The van der Waals surface area contributed by atoms with Gasteiger partial charge in [-0.05, 0) is 43.7 Å². The number of benzene rings is 2. The summed E-state index contributed by atoms with van der Waals surface area (Å²) in [5, 5.41) is 0. The molecule has 0 aliphatic rings. The van der Waals surface area contributed by atoms with Crippen LogP contribution in [0.5, 0.6) is 5.75 Å². The number of hydrogen-bond donors (Lipinski definition) is 0. The highest BCUT2D eigenvalue weighted by atomic mass is 16.5. The minimum atomic E-state index is -0.301. The molecule has 2 rings (SSSR count). The Bertz CT molecular complexity index is 698. The standard InChI is InChI=1S/C21H25NO4/c1-3-25-19-12-10-18(11-13-19)21(24)22(15-14-20(23)26-4-2)16-17-8-6-5-7-9-17/h5-13H,3-4,14-16H2,1-2H3. The van der Waals surface area contributed by atoms with Crippen LogP contribution in [0, 0.1) is 0 Å². The second-order valence-corrected chi connectivity index (χ2v) is 5.72. The van der Waals surface area contributed by atoms with Gasteiger partial charge in [0.05, 0.1) is 19.6 Å². The van der Waals surface area contributed by atoms with Gasteiger partial charge in [-0.15, -0.1) is 0 Å². The highest BCUT2D eigenvalue weighted by Gasteiger charge is 2.18. The average molecular weight is 355 g/mol. The Kier molecular flexibility index (Phi) is 7.68. The van der Waals surface area contributed by atoms with Crippen molar-refractivity contribution in [3.8, 4) is 5.75 Å². The second kappa shape index (κ2) is 10.2. The van der Waals surface area contributed by atoms with Crippen LogP contribution in [0.4, 0.5) is 0 Å². The number of carbonyl (C=O) groups is 2. The Hall–Kier alpha value is -2.82. The summed E-state index contributed by atoms with van der Waals surface area (Å²) in [7, 11) is 0. The number of amides is 1. The van der Waals surface area contributed by atoms with E-state index in [9.17, 15) is 9.59 Å². The molecule has 138 valence electrons. The first-order valence-corrected chi connectivity index (χ1v) is 8.85. The molecule has 0 radical (unpaired) electrons. The Balaban J connectivity index is 2.12. The molecule has 0 heterocycles. The molecule has 0 aliphatic carbocycles. The molecule has 0 aromatic heterocycles. The normalized spacial score (nSPS) is 10.2. The van der Waals surface area contributed by atoms with E-state index < -0.39 is 0 Å². The molecular weight excluding hydrogens is 330 g/mol. The quantitative estimate of drug-likeness (QED) is 0.644. The molecule has 2 aromatic rings. The maximum Gasteiger partial charge on any atom is 0.307 e. The fraction of sp³-hybridized carbons (Fsp3) is 0.333. The third kappa shape index (κ3) is 5.92.